The summed E-state index contributed by atoms with van der Waals surface area (Å²) in [6, 6.07) is 12.3. The molecule has 2 rings (SSSR count). The molecule has 2 aromatic carbocycles. The first kappa shape index (κ1) is 17.6. The van der Waals surface area contributed by atoms with Crippen LogP contribution in [0.2, 0.25) is 0 Å². The van der Waals surface area contributed by atoms with Gasteiger partial charge in [0.25, 0.3) is 5.91 Å². The number of amides is 1. The zero-order valence-electron chi connectivity index (χ0n) is 13.1. The van der Waals surface area contributed by atoms with Crippen LogP contribution in [0, 0.1) is 18.3 Å². The monoisotopic (exact) mass is 386 g/mol. The molecule has 0 heterocycles. The summed E-state index contributed by atoms with van der Waals surface area (Å²) in [5.41, 5.74) is 2.04. The lowest BCUT2D eigenvalue weighted by Crippen LogP contribution is -2.14. The molecule has 0 unspecified atom stereocenters. The molecule has 2 aromatic rings. The van der Waals surface area contributed by atoms with Crippen molar-refractivity contribution in [2.75, 3.05) is 12.4 Å². The van der Waals surface area contributed by atoms with Gasteiger partial charge in [0.05, 0.1) is 11.6 Å². The Morgan fingerprint density at radius 3 is 2.71 bits per heavy atom. The van der Waals surface area contributed by atoms with E-state index in [1.807, 2.05) is 25.1 Å². The number of carbonyl (C=O) groups excluding carboxylic acids is 1. The summed E-state index contributed by atoms with van der Waals surface area (Å²) >= 11 is 3.21. The van der Waals surface area contributed by atoms with E-state index in [1.165, 1.54) is 13.2 Å². The summed E-state index contributed by atoms with van der Waals surface area (Å²) in [6.45, 7) is 1.87. The number of nitrogens with zero attached hydrogens (tertiary/aromatic N) is 1. The number of benzene rings is 2. The average molecular weight is 387 g/mol. The van der Waals surface area contributed by atoms with E-state index in [1.54, 1.807) is 24.3 Å². The normalized spacial score (nSPS) is 10.8. The Morgan fingerprint density at radius 2 is 2.08 bits per heavy atom. The molecule has 0 aliphatic heterocycles. The van der Waals surface area contributed by atoms with E-state index in [4.69, 9.17) is 4.74 Å². The third kappa shape index (κ3) is 3.94. The lowest BCUT2D eigenvalue weighted by molar-refractivity contribution is -0.112. The number of hydrogen-bond acceptors (Lipinski definition) is 4. The summed E-state index contributed by atoms with van der Waals surface area (Å²) in [5.74, 6) is -0.306. The van der Waals surface area contributed by atoms with Crippen molar-refractivity contribution >= 4 is 33.6 Å². The number of ether oxygens (including phenoxy) is 1. The molecule has 6 heteroatoms. The van der Waals surface area contributed by atoms with E-state index in [9.17, 15) is 15.2 Å². The van der Waals surface area contributed by atoms with Crippen LogP contribution in [0.5, 0.6) is 11.5 Å². The van der Waals surface area contributed by atoms with Crippen LogP contribution in [0.1, 0.15) is 11.1 Å². The molecule has 0 aliphatic rings. The summed E-state index contributed by atoms with van der Waals surface area (Å²) in [5, 5.41) is 21.8. The van der Waals surface area contributed by atoms with Crippen LogP contribution in [0.15, 0.2) is 46.4 Å². The number of aromatic hydroxyl groups is 1. The fraction of sp³-hybridized carbons (Fsp3) is 0.111. The number of aryl methyl sites for hydroxylation is 1. The number of anilines is 1. The van der Waals surface area contributed by atoms with Crippen molar-refractivity contribution in [3.8, 4) is 17.6 Å². The summed E-state index contributed by atoms with van der Waals surface area (Å²) in [6.07, 6.45) is 1.43. The lowest BCUT2D eigenvalue weighted by atomic mass is 10.1. The second-order valence-electron chi connectivity index (χ2n) is 4.99. The number of nitriles is 1. The Kier molecular flexibility index (Phi) is 5.61. The fourth-order valence-electron chi connectivity index (χ4n) is 2.05. The van der Waals surface area contributed by atoms with E-state index in [-0.39, 0.29) is 17.1 Å². The molecule has 0 aromatic heterocycles. The van der Waals surface area contributed by atoms with Crippen LogP contribution in [0.3, 0.4) is 0 Å². The summed E-state index contributed by atoms with van der Waals surface area (Å²) in [4.78, 5) is 12.3. The molecule has 1 amide bonds. The Hall–Kier alpha value is -2.78. The fourth-order valence-corrected chi connectivity index (χ4v) is 2.51. The van der Waals surface area contributed by atoms with Crippen LogP contribution >= 0.6 is 15.9 Å². The maximum Gasteiger partial charge on any atom is 0.266 e. The van der Waals surface area contributed by atoms with Crippen LogP contribution in [0.4, 0.5) is 5.69 Å². The number of halogens is 1. The molecule has 0 saturated heterocycles. The second-order valence-corrected chi connectivity index (χ2v) is 5.85. The van der Waals surface area contributed by atoms with E-state index in [0.717, 1.165) is 5.56 Å². The molecule has 5 nitrogen and oxygen atoms in total. The van der Waals surface area contributed by atoms with Crippen molar-refractivity contribution in [3.05, 3.63) is 57.6 Å². The van der Waals surface area contributed by atoms with Gasteiger partial charge in [0.2, 0.25) is 0 Å². The predicted octanol–water partition coefficient (Wildman–Crippen LogP) is 4.02. The smallest absolute Gasteiger partial charge is 0.266 e. The van der Waals surface area contributed by atoms with Gasteiger partial charge in [0.1, 0.15) is 11.6 Å². The average Bonchev–Trinajstić information content (AvgIpc) is 2.57. The van der Waals surface area contributed by atoms with Gasteiger partial charge in [-0.05, 0) is 58.3 Å². The second kappa shape index (κ2) is 7.66. The number of rotatable bonds is 4. The Morgan fingerprint density at radius 1 is 1.38 bits per heavy atom. The minimum Gasteiger partial charge on any atom is -0.503 e. The number of para-hydroxylation sites is 1. The number of hydrogen-bond donors (Lipinski definition) is 2. The largest absolute Gasteiger partial charge is 0.503 e. The van der Waals surface area contributed by atoms with Gasteiger partial charge in [0.15, 0.2) is 11.5 Å². The molecule has 122 valence electrons. The van der Waals surface area contributed by atoms with Gasteiger partial charge in [0, 0.05) is 5.69 Å². The third-order valence-corrected chi connectivity index (χ3v) is 3.94. The maximum absolute atomic E-state index is 12.3. The van der Waals surface area contributed by atoms with E-state index in [2.05, 4.69) is 21.2 Å². The molecule has 0 radical (unpaired) electrons. The quantitative estimate of drug-likeness (QED) is 0.613. The van der Waals surface area contributed by atoms with Crippen molar-refractivity contribution in [1.29, 1.82) is 5.26 Å². The molecule has 24 heavy (non-hydrogen) atoms. The first-order chi connectivity index (χ1) is 11.5. The molecular formula is C18H15BrN2O3. The number of nitrogens with one attached hydrogen (secondary N) is 1. The van der Waals surface area contributed by atoms with Crippen LogP contribution in [0.25, 0.3) is 6.08 Å². The highest BCUT2D eigenvalue weighted by atomic mass is 79.9. The van der Waals surface area contributed by atoms with Gasteiger partial charge < -0.3 is 15.2 Å². The zero-order valence-corrected chi connectivity index (χ0v) is 14.7. The zero-order chi connectivity index (χ0) is 17.7. The Bertz CT molecular complexity index is 854. The lowest BCUT2D eigenvalue weighted by Gasteiger charge is -2.08. The molecule has 0 fully saturated rings. The highest BCUT2D eigenvalue weighted by Crippen LogP contribution is 2.35. The summed E-state index contributed by atoms with van der Waals surface area (Å²) < 4.78 is 5.47. The van der Waals surface area contributed by atoms with Crippen molar-refractivity contribution < 1.29 is 14.6 Å². The van der Waals surface area contributed by atoms with Gasteiger partial charge >= 0.3 is 0 Å². The Balaban J connectivity index is 2.33. The van der Waals surface area contributed by atoms with E-state index < -0.39 is 5.91 Å². The molecule has 0 spiro atoms. The number of phenols is 1. The minimum atomic E-state index is -0.505. The molecule has 0 bridgehead atoms. The standard InChI is InChI=1S/C18H15BrN2O3/c1-11-5-3-4-6-15(11)21-18(23)13(10-20)7-12-8-14(19)17(22)16(9-12)24-2/h3-9,22H,1-2H3,(H,21,23). The van der Waals surface area contributed by atoms with Crippen molar-refractivity contribution in [2.24, 2.45) is 0 Å². The van der Waals surface area contributed by atoms with E-state index in [0.29, 0.717) is 15.7 Å². The number of methoxy groups -OCH3 is 1. The van der Waals surface area contributed by atoms with Crippen LogP contribution in [-0.2, 0) is 4.79 Å². The van der Waals surface area contributed by atoms with Gasteiger partial charge in [-0.2, -0.15) is 5.26 Å². The van der Waals surface area contributed by atoms with Crippen LogP contribution in [-0.4, -0.2) is 18.1 Å². The molecule has 2 N–H and O–H groups in total. The van der Waals surface area contributed by atoms with Gasteiger partial charge in [-0.25, -0.2) is 0 Å². The predicted molar refractivity (Wildman–Crippen MR) is 95.8 cm³/mol. The van der Waals surface area contributed by atoms with Crippen molar-refractivity contribution in [1.82, 2.24) is 0 Å². The highest BCUT2D eigenvalue weighted by Gasteiger charge is 2.13. The minimum absolute atomic E-state index is 0.0440. The van der Waals surface area contributed by atoms with Crippen molar-refractivity contribution in [3.63, 3.8) is 0 Å². The maximum atomic E-state index is 12.3. The van der Waals surface area contributed by atoms with Gasteiger partial charge in [-0.3, -0.25) is 4.79 Å². The third-order valence-electron chi connectivity index (χ3n) is 3.34. The van der Waals surface area contributed by atoms with E-state index >= 15 is 0 Å². The first-order valence-electron chi connectivity index (χ1n) is 7.01. The molecule has 0 saturated carbocycles. The van der Waals surface area contributed by atoms with Crippen molar-refractivity contribution in [2.45, 2.75) is 6.92 Å². The number of carbonyl (C=O) groups is 1. The molecule has 0 aliphatic carbocycles. The van der Waals surface area contributed by atoms with Gasteiger partial charge in [-0.1, -0.05) is 18.2 Å². The highest BCUT2D eigenvalue weighted by molar-refractivity contribution is 9.10. The topological polar surface area (TPSA) is 82.3 Å². The molecular weight excluding hydrogens is 372 g/mol. The summed E-state index contributed by atoms with van der Waals surface area (Å²) in [7, 11) is 1.42. The number of phenolic OH excluding ortho intramolecular Hbond substituents is 1. The first-order valence-corrected chi connectivity index (χ1v) is 7.81. The Labute approximate surface area is 148 Å². The SMILES string of the molecule is COc1cc(C=C(C#N)C(=O)Nc2ccccc2C)cc(Br)c1O. The van der Waals surface area contributed by atoms with Gasteiger partial charge in [-0.15, -0.1) is 0 Å². The van der Waals surface area contributed by atoms with Crippen LogP contribution < -0.4 is 10.1 Å². The molecule has 0 atom stereocenters.